The van der Waals surface area contributed by atoms with Crippen LogP contribution < -0.4 is 5.73 Å². The molecule has 0 spiro atoms. The lowest BCUT2D eigenvalue weighted by atomic mass is 9.87. The average molecular weight is 244 g/mol. The molecule has 0 amide bonds. The lowest BCUT2D eigenvalue weighted by Gasteiger charge is -2.22. The minimum atomic E-state index is -0.179. The normalized spacial score (nSPS) is 11.6. The molecule has 0 unspecified atom stereocenters. The molecule has 15 heavy (non-hydrogen) atoms. The summed E-state index contributed by atoms with van der Waals surface area (Å²) in [6.07, 6.45) is 3.55. The monoisotopic (exact) mass is 244 g/mol. The zero-order valence-corrected chi connectivity index (χ0v) is 10.6. The first kappa shape index (κ1) is 12.4. The van der Waals surface area contributed by atoms with Gasteiger partial charge in [0, 0.05) is 11.2 Å². The van der Waals surface area contributed by atoms with Crippen LogP contribution in [0.15, 0.2) is 10.7 Å². The van der Waals surface area contributed by atoms with Gasteiger partial charge in [-0.3, -0.25) is 5.41 Å². The van der Waals surface area contributed by atoms with Crippen molar-refractivity contribution < 1.29 is 0 Å². The third-order valence-electron chi connectivity index (χ3n) is 2.24. The zero-order chi connectivity index (χ0) is 11.3. The second kappa shape index (κ2) is 5.46. The average Bonchev–Trinajstić information content (AvgIpc) is 2.64. The topological polar surface area (TPSA) is 75.7 Å². The van der Waals surface area contributed by atoms with Crippen LogP contribution in [-0.2, 0) is 0 Å². The first-order valence-electron chi connectivity index (χ1n) is 4.76. The summed E-state index contributed by atoms with van der Waals surface area (Å²) < 4.78 is 4.94. The van der Waals surface area contributed by atoms with Gasteiger partial charge in [-0.15, -0.1) is 0 Å². The molecule has 0 radical (unpaired) electrons. The number of aromatic nitrogens is 2. The molecule has 0 atom stereocenters. The molecular weight excluding hydrogens is 228 g/mol. The van der Waals surface area contributed by atoms with Crippen molar-refractivity contribution in [1.29, 1.82) is 5.41 Å². The zero-order valence-electron chi connectivity index (χ0n) is 8.99. The number of amidine groups is 1. The van der Waals surface area contributed by atoms with E-state index in [-0.39, 0.29) is 11.3 Å². The number of hydrogen-bond donors (Lipinski definition) is 2. The summed E-state index contributed by atoms with van der Waals surface area (Å²) in [6, 6.07) is 0. The highest BCUT2D eigenvalue weighted by Gasteiger charge is 2.20. The van der Waals surface area contributed by atoms with Crippen LogP contribution in [0.5, 0.6) is 0 Å². The standard InChI is InChI=1S/C9H16N4S2/c1-9(2,7(10)11)4-3-5-14-8-12-6-13-15-8/h6H,3-5H2,1-2H3,(H3,10,11). The Labute approximate surface area is 98.4 Å². The lowest BCUT2D eigenvalue weighted by Crippen LogP contribution is -2.30. The van der Waals surface area contributed by atoms with Crippen LogP contribution in [0.4, 0.5) is 0 Å². The third kappa shape index (κ3) is 4.17. The Bertz CT molecular complexity index is 308. The summed E-state index contributed by atoms with van der Waals surface area (Å²) in [7, 11) is 0. The van der Waals surface area contributed by atoms with Crippen LogP contribution in [0.2, 0.25) is 0 Å². The first-order chi connectivity index (χ1) is 7.02. The molecule has 0 saturated heterocycles. The van der Waals surface area contributed by atoms with Crippen molar-refractivity contribution in [2.45, 2.75) is 31.0 Å². The molecule has 4 nitrogen and oxygen atoms in total. The highest BCUT2D eigenvalue weighted by Crippen LogP contribution is 2.25. The Morgan fingerprint density at radius 2 is 2.40 bits per heavy atom. The van der Waals surface area contributed by atoms with E-state index in [1.807, 2.05) is 13.8 Å². The SMILES string of the molecule is CC(C)(CCCSc1ncns1)C(=N)N. The fourth-order valence-corrected chi connectivity index (χ4v) is 2.49. The minimum Gasteiger partial charge on any atom is -0.387 e. The second-order valence-electron chi connectivity index (χ2n) is 3.96. The van der Waals surface area contributed by atoms with Gasteiger partial charge >= 0.3 is 0 Å². The Morgan fingerprint density at radius 3 is 2.93 bits per heavy atom. The van der Waals surface area contributed by atoms with Crippen molar-refractivity contribution >= 4 is 29.1 Å². The molecule has 0 saturated carbocycles. The van der Waals surface area contributed by atoms with Gasteiger partial charge in [-0.1, -0.05) is 25.6 Å². The van der Waals surface area contributed by atoms with Crippen molar-refractivity contribution in [2.75, 3.05) is 5.75 Å². The van der Waals surface area contributed by atoms with E-state index in [0.717, 1.165) is 22.9 Å². The van der Waals surface area contributed by atoms with Crippen molar-refractivity contribution in [1.82, 2.24) is 9.36 Å². The Morgan fingerprint density at radius 1 is 1.67 bits per heavy atom. The van der Waals surface area contributed by atoms with Crippen LogP contribution >= 0.6 is 23.3 Å². The largest absolute Gasteiger partial charge is 0.387 e. The summed E-state index contributed by atoms with van der Waals surface area (Å²) in [4.78, 5) is 4.09. The highest BCUT2D eigenvalue weighted by atomic mass is 32.2. The van der Waals surface area contributed by atoms with E-state index in [1.54, 1.807) is 18.1 Å². The maximum Gasteiger partial charge on any atom is 0.169 e. The molecule has 0 bridgehead atoms. The lowest BCUT2D eigenvalue weighted by molar-refractivity contribution is 0.464. The fourth-order valence-electron chi connectivity index (χ4n) is 1.03. The maximum absolute atomic E-state index is 7.42. The predicted octanol–water partition coefficient (Wildman–Crippen LogP) is 2.37. The van der Waals surface area contributed by atoms with Gasteiger partial charge in [0.15, 0.2) is 4.34 Å². The Balaban J connectivity index is 2.19. The smallest absolute Gasteiger partial charge is 0.169 e. The fraction of sp³-hybridized carbons (Fsp3) is 0.667. The Kier molecular flexibility index (Phi) is 4.53. The van der Waals surface area contributed by atoms with Crippen molar-refractivity contribution in [2.24, 2.45) is 11.1 Å². The number of thioether (sulfide) groups is 1. The van der Waals surface area contributed by atoms with Crippen LogP contribution in [0.3, 0.4) is 0 Å². The van der Waals surface area contributed by atoms with Crippen LogP contribution in [-0.4, -0.2) is 20.9 Å². The van der Waals surface area contributed by atoms with Crippen LogP contribution in [0, 0.1) is 10.8 Å². The molecule has 1 aromatic rings. The molecule has 6 heteroatoms. The van der Waals surface area contributed by atoms with Crippen molar-refractivity contribution in [3.63, 3.8) is 0 Å². The van der Waals surface area contributed by atoms with Gasteiger partial charge in [-0.25, -0.2) is 4.98 Å². The molecule has 1 heterocycles. The quantitative estimate of drug-likeness (QED) is 0.348. The maximum atomic E-state index is 7.42. The van der Waals surface area contributed by atoms with Crippen LogP contribution in [0.1, 0.15) is 26.7 Å². The third-order valence-corrected chi connectivity index (χ3v) is 4.13. The van der Waals surface area contributed by atoms with Gasteiger partial charge in [-0.05, 0) is 24.4 Å². The van der Waals surface area contributed by atoms with E-state index in [9.17, 15) is 0 Å². The number of rotatable bonds is 6. The molecule has 1 aromatic heterocycles. The number of nitrogens with two attached hydrogens (primary N) is 1. The van der Waals surface area contributed by atoms with Gasteiger partial charge in [0.1, 0.15) is 6.33 Å². The molecule has 0 aliphatic rings. The second-order valence-corrected chi connectivity index (χ2v) is 6.08. The van der Waals surface area contributed by atoms with Gasteiger partial charge in [-0.2, -0.15) is 4.37 Å². The minimum absolute atomic E-state index is 0.179. The van der Waals surface area contributed by atoms with Gasteiger partial charge in [0.05, 0.1) is 5.84 Å². The molecule has 3 N–H and O–H groups in total. The Hall–Kier alpha value is -0.620. The summed E-state index contributed by atoms with van der Waals surface area (Å²) in [5, 5.41) is 7.42. The molecule has 1 rings (SSSR count). The summed E-state index contributed by atoms with van der Waals surface area (Å²) in [5.74, 6) is 1.27. The summed E-state index contributed by atoms with van der Waals surface area (Å²) in [5.41, 5.74) is 5.32. The van der Waals surface area contributed by atoms with Gasteiger partial charge in [0.25, 0.3) is 0 Å². The highest BCUT2D eigenvalue weighted by molar-refractivity contribution is 8.00. The van der Waals surface area contributed by atoms with E-state index < -0.39 is 0 Å². The molecule has 0 fully saturated rings. The van der Waals surface area contributed by atoms with E-state index in [1.165, 1.54) is 11.5 Å². The van der Waals surface area contributed by atoms with Gasteiger partial charge in [0.2, 0.25) is 0 Å². The molecule has 0 aromatic carbocycles. The molecular formula is C9H16N4S2. The number of hydrogen-bond acceptors (Lipinski definition) is 5. The van der Waals surface area contributed by atoms with Crippen LogP contribution in [0.25, 0.3) is 0 Å². The number of nitrogens with one attached hydrogen (secondary N) is 1. The van der Waals surface area contributed by atoms with E-state index in [0.29, 0.717) is 0 Å². The first-order valence-corrected chi connectivity index (χ1v) is 6.52. The van der Waals surface area contributed by atoms with Crippen molar-refractivity contribution in [3.8, 4) is 0 Å². The van der Waals surface area contributed by atoms with Crippen molar-refractivity contribution in [3.05, 3.63) is 6.33 Å². The molecule has 0 aliphatic carbocycles. The van der Waals surface area contributed by atoms with E-state index >= 15 is 0 Å². The summed E-state index contributed by atoms with van der Waals surface area (Å²) >= 11 is 3.14. The number of nitrogens with zero attached hydrogens (tertiary/aromatic N) is 2. The molecule has 84 valence electrons. The van der Waals surface area contributed by atoms with E-state index in [2.05, 4.69) is 9.36 Å². The summed E-state index contributed by atoms with van der Waals surface area (Å²) in [6.45, 7) is 4.01. The predicted molar refractivity (Wildman–Crippen MR) is 65.6 cm³/mol. The van der Waals surface area contributed by atoms with E-state index in [4.69, 9.17) is 11.1 Å². The van der Waals surface area contributed by atoms with Gasteiger partial charge < -0.3 is 5.73 Å². The molecule has 0 aliphatic heterocycles.